The van der Waals surface area contributed by atoms with Gasteiger partial charge in [0.1, 0.15) is 5.82 Å². The number of fused-ring (bicyclic) bond motifs is 1. The third kappa shape index (κ3) is 2.74. The van der Waals surface area contributed by atoms with E-state index in [1.807, 2.05) is 12.1 Å². The molecule has 0 atom stereocenters. The molecule has 2 aromatic carbocycles. The summed E-state index contributed by atoms with van der Waals surface area (Å²) in [6.07, 6.45) is 0. The zero-order chi connectivity index (χ0) is 14.1. The lowest BCUT2D eigenvalue weighted by Crippen LogP contribution is -2.00. The highest BCUT2D eigenvalue weighted by Gasteiger charge is 2.06. The van der Waals surface area contributed by atoms with Crippen LogP contribution in [0.25, 0.3) is 11.0 Å². The monoisotopic (exact) mass is 305 g/mol. The van der Waals surface area contributed by atoms with Crippen LogP contribution in [-0.2, 0) is 6.54 Å². The molecule has 3 nitrogen and oxygen atoms in total. The molecule has 20 heavy (non-hydrogen) atoms. The normalized spacial score (nSPS) is 10.9. The van der Waals surface area contributed by atoms with Crippen molar-refractivity contribution in [3.05, 3.63) is 57.8 Å². The maximum absolute atomic E-state index is 5.99. The lowest BCUT2D eigenvalue weighted by molar-refractivity contribution is 1.01. The van der Waals surface area contributed by atoms with Crippen molar-refractivity contribution in [1.82, 2.24) is 9.97 Å². The molecule has 0 spiro atoms. The molecule has 0 unspecified atom stereocenters. The van der Waals surface area contributed by atoms with Gasteiger partial charge in [0.2, 0.25) is 0 Å². The van der Waals surface area contributed by atoms with E-state index in [0.29, 0.717) is 16.6 Å². The van der Waals surface area contributed by atoms with Gasteiger partial charge in [-0.15, -0.1) is 0 Å². The second kappa shape index (κ2) is 5.35. The van der Waals surface area contributed by atoms with Crippen LogP contribution in [0.2, 0.25) is 10.0 Å². The summed E-state index contributed by atoms with van der Waals surface area (Å²) in [7, 11) is 0. The van der Waals surface area contributed by atoms with Crippen LogP contribution in [-0.4, -0.2) is 9.97 Å². The van der Waals surface area contributed by atoms with E-state index in [-0.39, 0.29) is 0 Å². The number of nitrogens with one attached hydrogen (secondary N) is 2. The van der Waals surface area contributed by atoms with E-state index >= 15 is 0 Å². The highest BCUT2D eigenvalue weighted by molar-refractivity contribution is 6.42. The minimum Gasteiger partial charge on any atom is -0.378 e. The Kier molecular flexibility index (Phi) is 3.55. The van der Waals surface area contributed by atoms with Crippen molar-refractivity contribution in [1.29, 1.82) is 0 Å². The number of imidazole rings is 1. The fourth-order valence-corrected chi connectivity index (χ4v) is 2.32. The maximum atomic E-state index is 5.99. The van der Waals surface area contributed by atoms with Gasteiger partial charge in [0.15, 0.2) is 0 Å². The number of aromatic nitrogens is 2. The number of nitrogens with zero attached hydrogens (tertiary/aromatic N) is 1. The standard InChI is InChI=1S/C15H13Cl2N3/c1-9-2-4-10(5-3-9)18-8-15-19-13-6-11(16)12(17)7-14(13)20-15/h2-7,18H,8H2,1H3,(H,19,20). The van der Waals surface area contributed by atoms with E-state index in [1.54, 1.807) is 12.1 Å². The fourth-order valence-electron chi connectivity index (χ4n) is 2.00. The van der Waals surface area contributed by atoms with Gasteiger partial charge in [0.05, 0.1) is 27.6 Å². The summed E-state index contributed by atoms with van der Waals surface area (Å²) >= 11 is 12.0. The lowest BCUT2D eigenvalue weighted by Gasteiger charge is -2.04. The quantitative estimate of drug-likeness (QED) is 0.730. The SMILES string of the molecule is Cc1ccc(NCc2nc3cc(Cl)c(Cl)cc3[nH]2)cc1. The average Bonchev–Trinajstić information content (AvgIpc) is 2.80. The number of aromatic amines is 1. The minimum absolute atomic E-state index is 0.517. The van der Waals surface area contributed by atoms with Crippen LogP contribution in [0.4, 0.5) is 5.69 Å². The molecule has 3 aromatic rings. The van der Waals surface area contributed by atoms with E-state index in [0.717, 1.165) is 22.5 Å². The molecule has 3 rings (SSSR count). The Morgan fingerprint density at radius 1 is 1.10 bits per heavy atom. The Morgan fingerprint density at radius 3 is 2.55 bits per heavy atom. The summed E-state index contributed by atoms with van der Waals surface area (Å²) in [5.74, 6) is 0.846. The van der Waals surface area contributed by atoms with Gasteiger partial charge in [0.25, 0.3) is 0 Å². The topological polar surface area (TPSA) is 40.7 Å². The van der Waals surface area contributed by atoms with Crippen molar-refractivity contribution in [2.45, 2.75) is 13.5 Å². The first-order chi connectivity index (χ1) is 9.61. The van der Waals surface area contributed by atoms with Crippen molar-refractivity contribution in [2.24, 2.45) is 0 Å². The smallest absolute Gasteiger partial charge is 0.126 e. The van der Waals surface area contributed by atoms with Crippen LogP contribution in [0, 0.1) is 6.92 Å². The van der Waals surface area contributed by atoms with Crippen LogP contribution in [0.15, 0.2) is 36.4 Å². The number of hydrogen-bond acceptors (Lipinski definition) is 2. The Hall–Kier alpha value is -1.71. The zero-order valence-corrected chi connectivity index (χ0v) is 12.4. The molecule has 1 aromatic heterocycles. The van der Waals surface area contributed by atoms with Crippen molar-refractivity contribution in [2.75, 3.05) is 5.32 Å². The Bertz CT molecular complexity index is 709. The molecule has 0 aliphatic rings. The predicted octanol–water partition coefficient (Wildman–Crippen LogP) is 4.79. The number of anilines is 1. The molecule has 0 saturated heterocycles. The van der Waals surface area contributed by atoms with Crippen molar-refractivity contribution < 1.29 is 0 Å². The highest BCUT2D eigenvalue weighted by Crippen LogP contribution is 2.26. The summed E-state index contributed by atoms with van der Waals surface area (Å²) in [6.45, 7) is 2.68. The predicted molar refractivity (Wildman–Crippen MR) is 84.6 cm³/mol. The molecular weight excluding hydrogens is 293 g/mol. The molecule has 2 N–H and O–H groups in total. The largest absolute Gasteiger partial charge is 0.378 e. The van der Waals surface area contributed by atoms with Crippen molar-refractivity contribution >= 4 is 39.9 Å². The highest BCUT2D eigenvalue weighted by atomic mass is 35.5. The van der Waals surface area contributed by atoms with Crippen LogP contribution in [0.1, 0.15) is 11.4 Å². The summed E-state index contributed by atoms with van der Waals surface area (Å²) in [4.78, 5) is 7.71. The first-order valence-electron chi connectivity index (χ1n) is 6.26. The molecular formula is C15H13Cl2N3. The lowest BCUT2D eigenvalue weighted by atomic mass is 10.2. The van der Waals surface area contributed by atoms with Gasteiger partial charge in [-0.05, 0) is 31.2 Å². The van der Waals surface area contributed by atoms with Gasteiger partial charge in [-0.1, -0.05) is 40.9 Å². The van der Waals surface area contributed by atoms with Gasteiger partial charge in [-0.2, -0.15) is 0 Å². The molecule has 5 heteroatoms. The minimum atomic E-state index is 0.517. The number of H-pyrrole nitrogens is 1. The van der Waals surface area contributed by atoms with Gasteiger partial charge in [-0.3, -0.25) is 0 Å². The van der Waals surface area contributed by atoms with Gasteiger partial charge >= 0.3 is 0 Å². The van der Waals surface area contributed by atoms with Crippen LogP contribution in [0.3, 0.4) is 0 Å². The number of hydrogen-bond donors (Lipinski definition) is 2. The molecule has 0 amide bonds. The molecule has 0 saturated carbocycles. The van der Waals surface area contributed by atoms with Crippen LogP contribution < -0.4 is 5.32 Å². The average molecular weight is 306 g/mol. The van der Waals surface area contributed by atoms with Gasteiger partial charge in [-0.25, -0.2) is 4.98 Å². The van der Waals surface area contributed by atoms with Gasteiger partial charge in [0, 0.05) is 5.69 Å². The fraction of sp³-hybridized carbons (Fsp3) is 0.133. The second-order valence-corrected chi connectivity index (χ2v) is 5.50. The summed E-state index contributed by atoms with van der Waals surface area (Å²) < 4.78 is 0. The molecule has 1 heterocycles. The van der Waals surface area contributed by atoms with E-state index in [9.17, 15) is 0 Å². The van der Waals surface area contributed by atoms with E-state index in [4.69, 9.17) is 23.2 Å². The van der Waals surface area contributed by atoms with E-state index in [1.165, 1.54) is 5.56 Å². The van der Waals surface area contributed by atoms with E-state index < -0.39 is 0 Å². The number of halogens is 2. The molecule has 0 aliphatic heterocycles. The molecule has 0 fully saturated rings. The Morgan fingerprint density at radius 2 is 1.80 bits per heavy atom. The molecule has 102 valence electrons. The van der Waals surface area contributed by atoms with Crippen LogP contribution >= 0.6 is 23.2 Å². The molecule has 0 radical (unpaired) electrons. The second-order valence-electron chi connectivity index (χ2n) is 4.69. The first-order valence-corrected chi connectivity index (χ1v) is 7.01. The first kappa shape index (κ1) is 13.3. The number of rotatable bonds is 3. The maximum Gasteiger partial charge on any atom is 0.126 e. The number of benzene rings is 2. The van der Waals surface area contributed by atoms with Crippen molar-refractivity contribution in [3.8, 4) is 0 Å². The number of aryl methyl sites for hydroxylation is 1. The van der Waals surface area contributed by atoms with Gasteiger partial charge < -0.3 is 10.3 Å². The van der Waals surface area contributed by atoms with Crippen LogP contribution in [0.5, 0.6) is 0 Å². The summed E-state index contributed by atoms with van der Waals surface area (Å²) in [6, 6.07) is 11.8. The third-order valence-electron chi connectivity index (χ3n) is 3.08. The summed E-state index contributed by atoms with van der Waals surface area (Å²) in [5, 5.41) is 4.36. The molecule has 0 aliphatic carbocycles. The van der Waals surface area contributed by atoms with E-state index in [2.05, 4.69) is 34.3 Å². The van der Waals surface area contributed by atoms with Crippen molar-refractivity contribution in [3.63, 3.8) is 0 Å². The Labute approximate surface area is 126 Å². The Balaban J connectivity index is 1.79. The zero-order valence-electron chi connectivity index (χ0n) is 10.9. The summed E-state index contributed by atoms with van der Waals surface area (Å²) in [5.41, 5.74) is 4.01. The third-order valence-corrected chi connectivity index (χ3v) is 3.81. The molecule has 0 bridgehead atoms.